The molecule has 0 aromatic heterocycles. The monoisotopic (exact) mass is 402 g/mol. The van der Waals surface area contributed by atoms with Crippen LogP contribution in [-0.4, -0.2) is 0 Å². The van der Waals surface area contributed by atoms with Gasteiger partial charge in [0.1, 0.15) is 0 Å². The standard InChI is InChI=1S/C29H26N2/c1-3-12-24(13-4-1)30-26-16-7-10-22(20-26)28-18-9-19-29(28)23-11-8-17-27(21-23)31-25-14-5-2-6-15-25/h1-8,10-17,20-21,30-31H,9,18-19H2. The largest absolute Gasteiger partial charge is 0.356 e. The van der Waals surface area contributed by atoms with Crippen molar-refractivity contribution in [2.24, 2.45) is 0 Å². The SMILES string of the molecule is c1ccc(Nc2cccc(C3=C(c4cccc(Nc5ccccc5)c4)CCC3)c2)cc1. The second kappa shape index (κ2) is 8.93. The molecule has 0 saturated heterocycles. The summed E-state index contributed by atoms with van der Waals surface area (Å²) in [5.41, 5.74) is 10.0. The molecule has 1 aliphatic carbocycles. The van der Waals surface area contributed by atoms with Gasteiger partial charge in [0.15, 0.2) is 0 Å². The topological polar surface area (TPSA) is 24.1 Å². The highest BCUT2D eigenvalue weighted by Gasteiger charge is 2.18. The van der Waals surface area contributed by atoms with Crippen LogP contribution in [0.5, 0.6) is 0 Å². The molecule has 152 valence electrons. The van der Waals surface area contributed by atoms with E-state index in [1.54, 1.807) is 0 Å². The molecule has 1 aliphatic rings. The summed E-state index contributed by atoms with van der Waals surface area (Å²) in [5.74, 6) is 0. The maximum absolute atomic E-state index is 3.53. The van der Waals surface area contributed by atoms with E-state index in [0.29, 0.717) is 0 Å². The van der Waals surface area contributed by atoms with Crippen molar-refractivity contribution < 1.29 is 0 Å². The Bertz CT molecular complexity index is 1100. The Kier molecular flexibility index (Phi) is 5.53. The molecule has 0 heterocycles. The first-order valence-corrected chi connectivity index (χ1v) is 10.9. The molecule has 0 fully saturated rings. The Morgan fingerprint density at radius 2 is 0.839 bits per heavy atom. The molecule has 0 saturated carbocycles. The van der Waals surface area contributed by atoms with Crippen LogP contribution in [0.2, 0.25) is 0 Å². The first kappa shape index (κ1) is 19.2. The molecule has 0 unspecified atom stereocenters. The van der Waals surface area contributed by atoms with Gasteiger partial charge in [-0.15, -0.1) is 0 Å². The van der Waals surface area contributed by atoms with Gasteiger partial charge in [-0.3, -0.25) is 0 Å². The fourth-order valence-corrected chi connectivity index (χ4v) is 4.33. The lowest BCUT2D eigenvalue weighted by Gasteiger charge is -2.13. The van der Waals surface area contributed by atoms with E-state index in [2.05, 4.69) is 108 Å². The fourth-order valence-electron chi connectivity index (χ4n) is 4.33. The van der Waals surface area contributed by atoms with Gasteiger partial charge >= 0.3 is 0 Å². The van der Waals surface area contributed by atoms with Crippen LogP contribution in [0.15, 0.2) is 109 Å². The quantitative estimate of drug-likeness (QED) is 0.339. The minimum atomic E-state index is 1.11. The highest BCUT2D eigenvalue weighted by molar-refractivity contribution is 5.94. The van der Waals surface area contributed by atoms with Crippen molar-refractivity contribution in [1.29, 1.82) is 0 Å². The zero-order valence-corrected chi connectivity index (χ0v) is 17.5. The predicted molar refractivity (Wildman–Crippen MR) is 133 cm³/mol. The Morgan fingerprint density at radius 1 is 0.419 bits per heavy atom. The van der Waals surface area contributed by atoms with Crippen LogP contribution in [0.1, 0.15) is 30.4 Å². The van der Waals surface area contributed by atoms with Gasteiger partial charge in [-0.1, -0.05) is 60.7 Å². The molecule has 5 rings (SSSR count). The minimum absolute atomic E-state index is 1.11. The van der Waals surface area contributed by atoms with E-state index in [-0.39, 0.29) is 0 Å². The summed E-state index contributed by atoms with van der Waals surface area (Å²) in [6.07, 6.45) is 3.46. The van der Waals surface area contributed by atoms with E-state index < -0.39 is 0 Å². The number of nitrogens with one attached hydrogen (secondary N) is 2. The van der Waals surface area contributed by atoms with Crippen LogP contribution in [0, 0.1) is 0 Å². The van der Waals surface area contributed by atoms with Crippen molar-refractivity contribution in [3.8, 4) is 0 Å². The summed E-state index contributed by atoms with van der Waals surface area (Å²) >= 11 is 0. The van der Waals surface area contributed by atoms with Crippen LogP contribution in [0.3, 0.4) is 0 Å². The fraction of sp³-hybridized carbons (Fsp3) is 0.103. The van der Waals surface area contributed by atoms with Crippen molar-refractivity contribution in [2.45, 2.75) is 19.3 Å². The average molecular weight is 403 g/mol. The summed E-state index contributed by atoms with van der Waals surface area (Å²) in [5, 5.41) is 7.05. The molecule has 2 heteroatoms. The van der Waals surface area contributed by atoms with Gasteiger partial charge in [0.25, 0.3) is 0 Å². The molecule has 31 heavy (non-hydrogen) atoms. The summed E-state index contributed by atoms with van der Waals surface area (Å²) in [7, 11) is 0. The Morgan fingerprint density at radius 3 is 1.29 bits per heavy atom. The lowest BCUT2D eigenvalue weighted by Crippen LogP contribution is -1.93. The number of benzene rings is 4. The van der Waals surface area contributed by atoms with Crippen LogP contribution >= 0.6 is 0 Å². The van der Waals surface area contributed by atoms with Gasteiger partial charge < -0.3 is 10.6 Å². The smallest absolute Gasteiger partial charge is 0.0390 e. The summed E-state index contributed by atoms with van der Waals surface area (Å²) in [4.78, 5) is 0. The van der Waals surface area contributed by atoms with E-state index in [1.807, 2.05) is 12.1 Å². The van der Waals surface area contributed by atoms with E-state index in [0.717, 1.165) is 35.6 Å². The van der Waals surface area contributed by atoms with E-state index in [4.69, 9.17) is 0 Å². The van der Waals surface area contributed by atoms with Gasteiger partial charge in [-0.2, -0.15) is 0 Å². The number of para-hydroxylation sites is 2. The third kappa shape index (κ3) is 4.54. The first-order chi connectivity index (χ1) is 15.3. The zero-order chi connectivity index (χ0) is 20.9. The van der Waals surface area contributed by atoms with Crippen LogP contribution in [0.25, 0.3) is 11.1 Å². The molecule has 4 aromatic rings. The maximum Gasteiger partial charge on any atom is 0.0390 e. The van der Waals surface area contributed by atoms with Crippen molar-refractivity contribution in [1.82, 2.24) is 0 Å². The summed E-state index contributed by atoms with van der Waals surface area (Å²) in [6, 6.07) is 38.3. The van der Waals surface area contributed by atoms with E-state index in [9.17, 15) is 0 Å². The van der Waals surface area contributed by atoms with Gasteiger partial charge in [-0.25, -0.2) is 0 Å². The van der Waals surface area contributed by atoms with E-state index in [1.165, 1.54) is 28.7 Å². The highest BCUT2D eigenvalue weighted by atomic mass is 14.9. The Labute approximate surface area is 184 Å². The second-order valence-corrected chi connectivity index (χ2v) is 7.95. The summed E-state index contributed by atoms with van der Waals surface area (Å²) < 4.78 is 0. The normalized spacial score (nSPS) is 13.3. The third-order valence-corrected chi connectivity index (χ3v) is 5.76. The molecule has 2 nitrogen and oxygen atoms in total. The molecule has 0 bridgehead atoms. The van der Waals surface area contributed by atoms with Crippen molar-refractivity contribution in [3.63, 3.8) is 0 Å². The molecule has 0 atom stereocenters. The number of hydrogen-bond acceptors (Lipinski definition) is 2. The molecular formula is C29H26N2. The summed E-state index contributed by atoms with van der Waals surface area (Å²) in [6.45, 7) is 0. The van der Waals surface area contributed by atoms with Crippen molar-refractivity contribution in [2.75, 3.05) is 10.6 Å². The predicted octanol–water partition coefficient (Wildman–Crippen LogP) is 8.27. The lowest BCUT2D eigenvalue weighted by molar-refractivity contribution is 0.942. The lowest BCUT2D eigenvalue weighted by atomic mass is 9.96. The first-order valence-electron chi connectivity index (χ1n) is 10.9. The molecule has 2 N–H and O–H groups in total. The molecule has 0 spiro atoms. The van der Waals surface area contributed by atoms with Crippen LogP contribution in [-0.2, 0) is 0 Å². The van der Waals surface area contributed by atoms with Gasteiger partial charge in [-0.05, 0) is 90.1 Å². The number of hydrogen-bond donors (Lipinski definition) is 2. The highest BCUT2D eigenvalue weighted by Crippen LogP contribution is 2.41. The van der Waals surface area contributed by atoms with Crippen LogP contribution in [0.4, 0.5) is 22.7 Å². The van der Waals surface area contributed by atoms with E-state index >= 15 is 0 Å². The number of anilines is 4. The maximum atomic E-state index is 3.53. The van der Waals surface area contributed by atoms with Gasteiger partial charge in [0.2, 0.25) is 0 Å². The Hall–Kier alpha value is -3.78. The molecule has 0 radical (unpaired) electrons. The third-order valence-electron chi connectivity index (χ3n) is 5.76. The molecular weight excluding hydrogens is 376 g/mol. The zero-order valence-electron chi connectivity index (χ0n) is 17.5. The van der Waals surface area contributed by atoms with Crippen LogP contribution < -0.4 is 10.6 Å². The van der Waals surface area contributed by atoms with Gasteiger partial charge in [0.05, 0.1) is 0 Å². The van der Waals surface area contributed by atoms with Gasteiger partial charge in [0, 0.05) is 22.7 Å². The number of rotatable bonds is 6. The molecule has 0 amide bonds. The Balaban J connectivity index is 1.44. The molecule has 4 aromatic carbocycles. The number of allylic oxidation sites excluding steroid dienone is 2. The van der Waals surface area contributed by atoms with Crippen molar-refractivity contribution >= 4 is 33.9 Å². The second-order valence-electron chi connectivity index (χ2n) is 7.95. The average Bonchev–Trinajstić information content (AvgIpc) is 3.31. The molecule has 0 aliphatic heterocycles. The van der Waals surface area contributed by atoms with Crippen molar-refractivity contribution in [3.05, 3.63) is 120 Å². The minimum Gasteiger partial charge on any atom is -0.356 e.